The molecule has 0 aliphatic heterocycles. The number of halogens is 4. The summed E-state index contributed by atoms with van der Waals surface area (Å²) in [7, 11) is -7.48. The SMILES string of the molecule is Brc1cc(-c2ccccc2)cc([Si](c2ccccc2)(c2ccccc2)c2cc(Br)cc(-c3ccccc3)c2)c1.Brc1cc(Br)cc(-c2ccccc2)c1.C.OB(O)c1cccc2c1oc1ccccc12.c1ccc(-c2cc(-c3cccc4c3oc3ccccc34)cc([Si](c3ccccc3)(c3ccccc3)c3cc(-c4ccccc4)cc(-c4cccc5c4oc4ccccc45)c3)c2)cc1. The average molecular weight is 2010 g/mol. The summed E-state index contributed by atoms with van der Waals surface area (Å²) >= 11 is 14.8. The molecule has 3 heterocycles. The van der Waals surface area contributed by atoms with Crippen LogP contribution in [0.3, 0.4) is 0 Å². The van der Waals surface area contributed by atoms with E-state index in [1.54, 1.807) is 12.1 Å². The molecule has 0 saturated heterocycles. The van der Waals surface area contributed by atoms with E-state index in [-0.39, 0.29) is 7.43 Å². The van der Waals surface area contributed by atoms with E-state index < -0.39 is 23.3 Å². The molecule has 0 bridgehead atoms. The van der Waals surface area contributed by atoms with Gasteiger partial charge < -0.3 is 23.3 Å². The summed E-state index contributed by atoms with van der Waals surface area (Å²) in [6, 6.07) is 176. The first-order chi connectivity index (χ1) is 64.9. The molecule has 23 rings (SSSR count). The summed E-state index contributed by atoms with van der Waals surface area (Å²) in [5.74, 6) is 0. The molecule has 20 aromatic carbocycles. The van der Waals surface area contributed by atoms with Crippen LogP contribution in [0.4, 0.5) is 0 Å². The molecule has 0 atom stereocenters. The second-order valence-electron chi connectivity index (χ2n) is 32.8. The van der Waals surface area contributed by atoms with E-state index >= 15 is 0 Å². The van der Waals surface area contributed by atoms with Gasteiger partial charge in [0.1, 0.15) is 33.5 Å². The quantitative estimate of drug-likeness (QED) is 0.0744. The molecule has 5 nitrogen and oxygen atoms in total. The Morgan fingerprint density at radius 2 is 0.406 bits per heavy atom. The van der Waals surface area contributed by atoms with Crippen LogP contribution in [0.25, 0.3) is 144 Å². The van der Waals surface area contributed by atoms with E-state index in [0.717, 1.165) is 123 Å². The fraction of sp³-hybridized carbons (Fsp3) is 0.00826. The lowest BCUT2D eigenvalue weighted by atomic mass is 9.79. The molecular formula is C121H87BBr4O5Si2. The highest BCUT2D eigenvalue weighted by Crippen LogP contribution is 2.41. The first-order valence-corrected chi connectivity index (χ1v) is 51.0. The van der Waals surface area contributed by atoms with Gasteiger partial charge in [-0.05, 0) is 181 Å². The Morgan fingerprint density at radius 3 is 0.714 bits per heavy atom. The standard InChI is InChI=1S/C60H40O2Si.C36H26Br2Si.C12H9BO3.C12H8Br2.CH4/c1-5-19-41(20-6-1)43-35-45(51-29-17-31-55-53-27-13-15-33-57(53)61-59(51)55)39-49(37-43)63(47-23-9-3-10-24-47,48-25-11-4-12-26-48)50-38-44(42-21-7-2-8-22-42)36-46(40-50)52-30-18-32-56-54-28-14-16-34-58(54)62-60(52)56;37-31-21-29(27-13-5-1-6-14-27)23-35(25-31)39(33-17-9-3-10-18-33,34-19-11-4-12-20-34)36-24-30(22-32(38)26-36)28-15-7-2-8-16-28;14-13(15)10-6-3-5-9-8-4-1-2-7-11(8)16-12(9)10;13-11-6-10(7-12(14)8-11)9-4-2-1-3-5-9;/h1-40H;1-26H;1-7,14-15H;1-8H;1H4. The Balaban J connectivity index is 0.000000136. The van der Waals surface area contributed by atoms with Gasteiger partial charge in [0.2, 0.25) is 0 Å². The number of benzene rings is 20. The lowest BCUT2D eigenvalue weighted by Crippen LogP contribution is -2.74. The van der Waals surface area contributed by atoms with Crippen molar-refractivity contribution in [3.05, 3.63) is 509 Å². The normalized spacial score (nSPS) is 11.3. The van der Waals surface area contributed by atoms with Gasteiger partial charge in [-0.3, -0.25) is 0 Å². The first kappa shape index (κ1) is 88.4. The summed E-state index contributed by atoms with van der Waals surface area (Å²) in [4.78, 5) is 0. The number of hydrogen-bond donors (Lipinski definition) is 2. The number of hydrogen-bond acceptors (Lipinski definition) is 5. The van der Waals surface area contributed by atoms with Crippen molar-refractivity contribution in [1.29, 1.82) is 0 Å². The van der Waals surface area contributed by atoms with E-state index in [0.29, 0.717) is 11.0 Å². The maximum absolute atomic E-state index is 9.24. The third-order valence-corrected chi connectivity index (χ3v) is 36.0. The molecule has 133 heavy (non-hydrogen) atoms. The molecule has 23 aromatic rings. The van der Waals surface area contributed by atoms with Crippen molar-refractivity contribution in [3.8, 4) is 77.9 Å². The van der Waals surface area contributed by atoms with Crippen LogP contribution < -0.4 is 47.0 Å². The monoisotopic (exact) mass is 2000 g/mol. The third-order valence-electron chi connectivity index (χ3n) is 24.8. The van der Waals surface area contributed by atoms with Gasteiger partial charge in [-0.25, -0.2) is 0 Å². The molecule has 0 aliphatic carbocycles. The minimum atomic E-state index is -3.22. The Bertz CT molecular complexity index is 7640. The molecule has 2 N–H and O–H groups in total. The van der Waals surface area contributed by atoms with E-state index in [9.17, 15) is 10.0 Å². The number of rotatable bonds is 16. The highest BCUT2D eigenvalue weighted by Gasteiger charge is 2.45. The summed E-state index contributed by atoms with van der Waals surface area (Å²) in [6.45, 7) is 0. The summed E-state index contributed by atoms with van der Waals surface area (Å²) in [6.07, 6.45) is 0. The molecule has 0 aliphatic rings. The summed E-state index contributed by atoms with van der Waals surface area (Å²) in [5.41, 5.74) is 21.6. The van der Waals surface area contributed by atoms with Crippen LogP contribution in [0, 0.1) is 0 Å². The zero-order valence-corrected chi connectivity index (χ0v) is 79.8. The maximum atomic E-state index is 9.24. The van der Waals surface area contributed by atoms with E-state index in [1.807, 2.05) is 66.7 Å². The largest absolute Gasteiger partial charge is 0.492 e. The Morgan fingerprint density at radius 1 is 0.180 bits per heavy atom. The van der Waals surface area contributed by atoms with Gasteiger partial charge in [0, 0.05) is 66.8 Å². The van der Waals surface area contributed by atoms with E-state index in [1.165, 1.54) is 74.9 Å². The van der Waals surface area contributed by atoms with E-state index in [2.05, 4.69) is 476 Å². The molecule has 0 amide bonds. The molecular weight excluding hydrogens is 1920 g/mol. The number of furan rings is 3. The third kappa shape index (κ3) is 18.0. The van der Waals surface area contributed by atoms with Gasteiger partial charge >= 0.3 is 7.12 Å². The number of fused-ring (bicyclic) bond motifs is 9. The molecule has 640 valence electrons. The van der Waals surface area contributed by atoms with Crippen LogP contribution in [0.5, 0.6) is 0 Å². The highest BCUT2D eigenvalue weighted by molar-refractivity contribution is 9.11. The van der Waals surface area contributed by atoms with Gasteiger partial charge in [-0.15, -0.1) is 0 Å². The van der Waals surface area contributed by atoms with Gasteiger partial charge in [0.05, 0.1) is 0 Å². The predicted molar refractivity (Wildman–Crippen MR) is 580 cm³/mol. The molecule has 0 saturated carbocycles. The zero-order valence-electron chi connectivity index (χ0n) is 71.5. The molecule has 0 fully saturated rings. The van der Waals surface area contributed by atoms with Gasteiger partial charge in [0.15, 0.2) is 16.1 Å². The van der Waals surface area contributed by atoms with Gasteiger partial charge in [0.25, 0.3) is 0 Å². The van der Waals surface area contributed by atoms with Crippen molar-refractivity contribution in [2.75, 3.05) is 0 Å². The van der Waals surface area contributed by atoms with Crippen LogP contribution >= 0.6 is 63.7 Å². The van der Waals surface area contributed by atoms with Crippen molar-refractivity contribution < 1.29 is 23.3 Å². The fourth-order valence-electron chi connectivity index (χ4n) is 18.8. The highest BCUT2D eigenvalue weighted by atomic mass is 79.9. The van der Waals surface area contributed by atoms with Crippen LogP contribution in [0.15, 0.2) is 523 Å². The zero-order chi connectivity index (χ0) is 89.5. The second-order valence-corrected chi connectivity index (χ2v) is 44.0. The van der Waals surface area contributed by atoms with Crippen molar-refractivity contribution >= 4 is 200 Å². The van der Waals surface area contributed by atoms with Crippen LogP contribution in [0.1, 0.15) is 7.43 Å². The maximum Gasteiger partial charge on any atom is 0.492 e. The molecule has 0 spiro atoms. The van der Waals surface area contributed by atoms with Crippen LogP contribution in [-0.2, 0) is 0 Å². The molecule has 0 unspecified atom stereocenters. The molecule has 12 heteroatoms. The topological polar surface area (TPSA) is 79.9 Å². The van der Waals surface area contributed by atoms with Crippen LogP contribution in [0.2, 0.25) is 0 Å². The van der Waals surface area contributed by atoms with Gasteiger partial charge in [-0.1, -0.05) is 490 Å². The van der Waals surface area contributed by atoms with Crippen molar-refractivity contribution in [2.45, 2.75) is 7.43 Å². The summed E-state index contributed by atoms with van der Waals surface area (Å²) in [5, 5.41) is 35.4. The summed E-state index contributed by atoms with van der Waals surface area (Å²) < 4.78 is 23.5. The average Bonchev–Trinajstić information content (AvgIpc) is 0.839. The fourth-order valence-corrected chi connectivity index (χ4v) is 31.3. The number of para-hydroxylation sites is 6. The Kier molecular flexibility index (Phi) is 26.4. The second kappa shape index (κ2) is 39.7. The molecule has 0 radical (unpaired) electrons. The van der Waals surface area contributed by atoms with Crippen molar-refractivity contribution in [3.63, 3.8) is 0 Å². The lowest BCUT2D eigenvalue weighted by molar-refractivity contribution is 0.425. The predicted octanol–water partition coefficient (Wildman–Crippen LogP) is 28.2. The van der Waals surface area contributed by atoms with Crippen LogP contribution in [-0.4, -0.2) is 33.3 Å². The molecule has 3 aromatic heterocycles. The minimum absolute atomic E-state index is 0. The Labute approximate surface area is 810 Å². The van der Waals surface area contributed by atoms with Crippen molar-refractivity contribution in [2.24, 2.45) is 0 Å². The minimum Gasteiger partial charge on any atom is -0.456 e. The van der Waals surface area contributed by atoms with Crippen molar-refractivity contribution in [1.82, 2.24) is 0 Å². The smallest absolute Gasteiger partial charge is 0.456 e. The Hall–Kier alpha value is -13.9. The lowest BCUT2D eigenvalue weighted by Gasteiger charge is -2.36. The first-order valence-electron chi connectivity index (χ1n) is 43.9. The van der Waals surface area contributed by atoms with Gasteiger partial charge in [-0.2, -0.15) is 0 Å². The van der Waals surface area contributed by atoms with E-state index in [4.69, 9.17) is 13.3 Å².